The van der Waals surface area contributed by atoms with Gasteiger partial charge in [-0.3, -0.25) is 9.69 Å². The van der Waals surface area contributed by atoms with Gasteiger partial charge in [-0.2, -0.15) is 0 Å². The first-order valence-corrected chi connectivity index (χ1v) is 12.5. The largest absolute Gasteiger partial charge is 0.340 e. The predicted molar refractivity (Wildman–Crippen MR) is 139 cm³/mol. The van der Waals surface area contributed by atoms with Gasteiger partial charge in [0.15, 0.2) is 0 Å². The fraction of sp³-hybridized carbons (Fsp3) is 0.370. The number of rotatable bonds is 6. The Balaban J connectivity index is 1.12. The van der Waals surface area contributed by atoms with Crippen LogP contribution in [-0.4, -0.2) is 66.8 Å². The molecular weight excluding hydrogens is 452 g/mol. The Hall–Kier alpha value is -3.85. The van der Waals surface area contributed by atoms with Crippen molar-refractivity contribution >= 4 is 28.7 Å². The Bertz CT molecular complexity index is 1420. The topological polar surface area (TPSA) is 103 Å². The molecule has 36 heavy (non-hydrogen) atoms. The molecule has 3 aromatic heterocycles. The highest BCUT2D eigenvalue weighted by atomic mass is 16.2. The number of fused-ring (bicyclic) bond motifs is 1. The number of piperazine rings is 1. The Labute approximate surface area is 210 Å². The number of anilines is 2. The third-order valence-corrected chi connectivity index (χ3v) is 7.18. The normalized spacial score (nSPS) is 16.4. The van der Waals surface area contributed by atoms with E-state index < -0.39 is 0 Å². The fourth-order valence-corrected chi connectivity index (χ4v) is 4.78. The van der Waals surface area contributed by atoms with Crippen LogP contribution in [-0.2, 0) is 11.3 Å². The lowest BCUT2D eigenvalue weighted by atomic mass is 10.1. The smallest absolute Gasteiger partial charge is 0.225 e. The number of hydrogen-bond acceptors (Lipinski definition) is 7. The molecule has 1 aromatic carbocycles. The molecule has 4 aromatic rings. The number of nitrogens with zero attached hydrogens (tertiary/aromatic N) is 6. The monoisotopic (exact) mass is 482 g/mol. The molecule has 9 heteroatoms. The van der Waals surface area contributed by atoms with Crippen molar-refractivity contribution in [1.82, 2.24) is 34.7 Å². The van der Waals surface area contributed by atoms with Crippen LogP contribution in [0.4, 0.5) is 11.8 Å². The van der Waals surface area contributed by atoms with E-state index in [2.05, 4.69) is 47.3 Å². The van der Waals surface area contributed by atoms with Crippen LogP contribution in [0, 0.1) is 19.8 Å². The quantitative estimate of drug-likeness (QED) is 0.431. The summed E-state index contributed by atoms with van der Waals surface area (Å²) >= 11 is 0. The minimum absolute atomic E-state index is 0.302. The third kappa shape index (κ3) is 4.66. The van der Waals surface area contributed by atoms with Crippen molar-refractivity contribution in [3.63, 3.8) is 0 Å². The number of nitrogens with one attached hydrogen (secondary N) is 2. The molecule has 9 nitrogen and oxygen atoms in total. The summed E-state index contributed by atoms with van der Waals surface area (Å²) in [6.45, 7) is 8.32. The standard InChI is InChI=1S/C27H30N8O/c1-17-18(2)29-16-30-25(17)21-5-6-22-23(14-21)32-27(31-22)33-24-13-19(7-8-28-24)15-34-9-11-35(12-10-34)26(36)20-3-4-20/h5-8,13-14,16,20H,3-4,9-12,15H2,1-2H3,(H2,28,31,32,33). The molecule has 1 aliphatic heterocycles. The maximum atomic E-state index is 12.3. The van der Waals surface area contributed by atoms with Gasteiger partial charge >= 0.3 is 0 Å². The molecule has 6 rings (SSSR count). The minimum Gasteiger partial charge on any atom is -0.340 e. The molecule has 0 bridgehead atoms. The van der Waals surface area contributed by atoms with E-state index >= 15 is 0 Å². The summed E-state index contributed by atoms with van der Waals surface area (Å²) in [5.74, 6) is 2.05. The van der Waals surface area contributed by atoms with E-state index in [9.17, 15) is 4.79 Å². The number of carbonyl (C=O) groups is 1. The van der Waals surface area contributed by atoms with Crippen LogP contribution in [0.2, 0.25) is 0 Å². The molecule has 1 saturated heterocycles. The Kier molecular flexibility index (Phi) is 5.85. The predicted octanol–water partition coefficient (Wildman–Crippen LogP) is 3.83. The van der Waals surface area contributed by atoms with Crippen LogP contribution >= 0.6 is 0 Å². The maximum absolute atomic E-state index is 12.3. The molecule has 0 radical (unpaired) electrons. The molecule has 2 N–H and O–H groups in total. The van der Waals surface area contributed by atoms with Gasteiger partial charge in [-0.05, 0) is 62.1 Å². The highest BCUT2D eigenvalue weighted by Gasteiger charge is 2.34. The average Bonchev–Trinajstić information content (AvgIpc) is 3.66. The molecule has 1 amide bonds. The van der Waals surface area contributed by atoms with E-state index in [1.165, 1.54) is 5.56 Å². The van der Waals surface area contributed by atoms with Gasteiger partial charge in [0, 0.05) is 56.1 Å². The summed E-state index contributed by atoms with van der Waals surface area (Å²) in [4.78, 5) is 38.0. The van der Waals surface area contributed by atoms with Crippen LogP contribution in [0.5, 0.6) is 0 Å². The molecule has 0 spiro atoms. The minimum atomic E-state index is 0.302. The van der Waals surface area contributed by atoms with E-state index in [1.807, 2.05) is 43.1 Å². The SMILES string of the molecule is Cc1ncnc(-c2ccc3nc(Nc4cc(CN5CCN(C(=O)C6CC6)CC5)ccn4)[nH]c3c2)c1C. The molecule has 1 saturated carbocycles. The molecule has 0 unspecified atom stereocenters. The number of imidazole rings is 1. The maximum Gasteiger partial charge on any atom is 0.225 e. The summed E-state index contributed by atoms with van der Waals surface area (Å²) in [5, 5.41) is 3.32. The molecule has 4 heterocycles. The van der Waals surface area contributed by atoms with Crippen LogP contribution in [0.1, 0.15) is 29.7 Å². The number of H-pyrrole nitrogens is 1. The number of hydrogen-bond donors (Lipinski definition) is 2. The number of carbonyl (C=O) groups excluding carboxylic acids is 1. The zero-order chi connectivity index (χ0) is 24.6. The van der Waals surface area contributed by atoms with Crippen molar-refractivity contribution in [2.24, 2.45) is 5.92 Å². The second kappa shape index (κ2) is 9.31. The van der Waals surface area contributed by atoms with E-state index in [0.717, 1.165) is 84.9 Å². The van der Waals surface area contributed by atoms with Crippen molar-refractivity contribution < 1.29 is 4.79 Å². The Morgan fingerprint density at radius 2 is 1.89 bits per heavy atom. The van der Waals surface area contributed by atoms with E-state index in [-0.39, 0.29) is 0 Å². The zero-order valence-corrected chi connectivity index (χ0v) is 20.7. The highest BCUT2D eigenvalue weighted by Crippen LogP contribution is 2.31. The molecule has 2 aliphatic rings. The molecule has 2 fully saturated rings. The number of aromatic amines is 1. The number of benzene rings is 1. The zero-order valence-electron chi connectivity index (χ0n) is 20.7. The molecular formula is C27H30N8O. The van der Waals surface area contributed by atoms with Crippen LogP contribution < -0.4 is 5.32 Å². The summed E-state index contributed by atoms with van der Waals surface area (Å²) in [6, 6.07) is 10.2. The number of pyridine rings is 1. The average molecular weight is 483 g/mol. The van der Waals surface area contributed by atoms with Gasteiger partial charge in [0.25, 0.3) is 0 Å². The van der Waals surface area contributed by atoms with Gasteiger partial charge in [-0.1, -0.05) is 6.07 Å². The van der Waals surface area contributed by atoms with Crippen LogP contribution in [0.3, 0.4) is 0 Å². The third-order valence-electron chi connectivity index (χ3n) is 7.18. The van der Waals surface area contributed by atoms with Crippen molar-refractivity contribution in [3.05, 3.63) is 59.7 Å². The first kappa shape index (κ1) is 22.6. The first-order valence-electron chi connectivity index (χ1n) is 12.5. The van der Waals surface area contributed by atoms with Gasteiger partial charge in [0.05, 0.1) is 16.7 Å². The van der Waals surface area contributed by atoms with Crippen molar-refractivity contribution in [2.75, 3.05) is 31.5 Å². The molecule has 1 aliphatic carbocycles. The van der Waals surface area contributed by atoms with Crippen LogP contribution in [0.15, 0.2) is 42.9 Å². The lowest BCUT2D eigenvalue weighted by molar-refractivity contribution is -0.134. The highest BCUT2D eigenvalue weighted by molar-refractivity contribution is 5.84. The van der Waals surface area contributed by atoms with Crippen LogP contribution in [0.25, 0.3) is 22.3 Å². The summed E-state index contributed by atoms with van der Waals surface area (Å²) in [5.41, 5.74) is 7.00. The Morgan fingerprint density at radius 3 is 2.69 bits per heavy atom. The lowest BCUT2D eigenvalue weighted by Crippen LogP contribution is -2.48. The van der Waals surface area contributed by atoms with Gasteiger partial charge in [0.2, 0.25) is 11.9 Å². The van der Waals surface area contributed by atoms with E-state index in [0.29, 0.717) is 17.8 Å². The van der Waals surface area contributed by atoms with Crippen molar-refractivity contribution in [3.8, 4) is 11.3 Å². The number of aryl methyl sites for hydroxylation is 1. The van der Waals surface area contributed by atoms with Gasteiger partial charge in [-0.25, -0.2) is 19.9 Å². The van der Waals surface area contributed by atoms with E-state index in [1.54, 1.807) is 6.33 Å². The molecule has 184 valence electrons. The summed E-state index contributed by atoms with van der Waals surface area (Å²) < 4.78 is 0. The first-order chi connectivity index (χ1) is 17.5. The molecule has 0 atom stereocenters. The second-order valence-electron chi connectivity index (χ2n) is 9.80. The van der Waals surface area contributed by atoms with Crippen molar-refractivity contribution in [1.29, 1.82) is 0 Å². The summed E-state index contributed by atoms with van der Waals surface area (Å²) in [7, 11) is 0. The van der Waals surface area contributed by atoms with Gasteiger partial charge in [0.1, 0.15) is 12.1 Å². The van der Waals surface area contributed by atoms with E-state index in [4.69, 9.17) is 0 Å². The van der Waals surface area contributed by atoms with Gasteiger partial charge < -0.3 is 15.2 Å². The number of amides is 1. The summed E-state index contributed by atoms with van der Waals surface area (Å²) in [6.07, 6.45) is 5.57. The van der Waals surface area contributed by atoms with Crippen molar-refractivity contribution in [2.45, 2.75) is 33.2 Å². The number of aromatic nitrogens is 5. The second-order valence-corrected chi connectivity index (χ2v) is 9.80. The lowest BCUT2D eigenvalue weighted by Gasteiger charge is -2.34. The Morgan fingerprint density at radius 1 is 1.06 bits per heavy atom. The van der Waals surface area contributed by atoms with Gasteiger partial charge in [-0.15, -0.1) is 0 Å². The fourth-order valence-electron chi connectivity index (χ4n) is 4.78.